The highest BCUT2D eigenvalue weighted by atomic mass is 32.2. The Morgan fingerprint density at radius 1 is 1.53 bits per heavy atom. The Morgan fingerprint density at radius 3 is 2.94 bits per heavy atom. The fraction of sp³-hybridized carbons (Fsp3) is 0.667. The molecule has 0 amide bonds. The van der Waals surface area contributed by atoms with Gasteiger partial charge in [0.25, 0.3) is 5.56 Å². The molecule has 0 aromatic carbocycles. The predicted octanol–water partition coefficient (Wildman–Crippen LogP) is 1.91. The highest BCUT2D eigenvalue weighted by molar-refractivity contribution is 7.99. The van der Waals surface area contributed by atoms with Gasteiger partial charge in [-0.2, -0.15) is 11.8 Å². The van der Waals surface area contributed by atoms with Gasteiger partial charge in [0.05, 0.1) is 11.4 Å². The third-order valence-electron chi connectivity index (χ3n) is 2.48. The smallest absolute Gasteiger partial charge is 0.251 e. The maximum atomic E-state index is 11.5. The predicted molar refractivity (Wildman–Crippen MR) is 73.3 cm³/mol. The zero-order valence-electron chi connectivity index (χ0n) is 10.7. The second-order valence-corrected chi connectivity index (χ2v) is 5.42. The van der Waals surface area contributed by atoms with Crippen LogP contribution in [-0.4, -0.2) is 21.8 Å². The van der Waals surface area contributed by atoms with Crippen molar-refractivity contribution in [2.24, 2.45) is 0 Å². The van der Waals surface area contributed by atoms with E-state index in [4.69, 9.17) is 0 Å². The molecule has 0 aliphatic carbocycles. The zero-order chi connectivity index (χ0) is 12.7. The first-order valence-electron chi connectivity index (χ1n) is 6.07. The van der Waals surface area contributed by atoms with Crippen LogP contribution in [0.4, 0.5) is 0 Å². The van der Waals surface area contributed by atoms with Gasteiger partial charge in [-0.05, 0) is 13.0 Å². The minimum atomic E-state index is -0.0624. The lowest BCUT2D eigenvalue weighted by molar-refractivity contribution is 0.702. The van der Waals surface area contributed by atoms with E-state index in [0.717, 1.165) is 30.2 Å². The molecule has 96 valence electrons. The molecule has 0 aliphatic heterocycles. The van der Waals surface area contributed by atoms with Gasteiger partial charge in [0, 0.05) is 17.9 Å². The summed E-state index contributed by atoms with van der Waals surface area (Å²) in [7, 11) is 0. The van der Waals surface area contributed by atoms with Gasteiger partial charge < -0.3 is 10.3 Å². The molecule has 0 radical (unpaired) electrons. The summed E-state index contributed by atoms with van der Waals surface area (Å²) in [6.45, 7) is 7.92. The molecule has 1 aromatic heterocycles. The van der Waals surface area contributed by atoms with Gasteiger partial charge in [0.2, 0.25) is 0 Å². The summed E-state index contributed by atoms with van der Waals surface area (Å²) in [5.41, 5.74) is 0.753. The third-order valence-corrected chi connectivity index (χ3v) is 3.82. The number of H-pyrrole nitrogens is 1. The largest absolute Gasteiger partial charge is 0.311 e. The SMILES string of the molecule is CCNCc1cc(=O)[nH]c(CSC(C)CC)n1. The number of aromatic nitrogens is 2. The number of aromatic amines is 1. The number of thioether (sulfide) groups is 1. The number of hydrogen-bond acceptors (Lipinski definition) is 4. The Kier molecular flexibility index (Phi) is 6.29. The lowest BCUT2D eigenvalue weighted by atomic mass is 10.4. The van der Waals surface area contributed by atoms with E-state index in [9.17, 15) is 4.79 Å². The standard InChI is InChI=1S/C12H21N3OS/c1-4-9(3)17-8-11-14-10(7-13-5-2)6-12(16)15-11/h6,9,13H,4-5,7-8H2,1-3H3,(H,14,15,16). The van der Waals surface area contributed by atoms with Gasteiger partial charge in [-0.1, -0.05) is 20.8 Å². The van der Waals surface area contributed by atoms with E-state index in [0.29, 0.717) is 11.8 Å². The Balaban J connectivity index is 2.65. The fourth-order valence-corrected chi connectivity index (χ4v) is 2.13. The molecule has 0 spiro atoms. The molecule has 0 fully saturated rings. The zero-order valence-corrected chi connectivity index (χ0v) is 11.6. The molecule has 1 atom stereocenters. The van der Waals surface area contributed by atoms with Crippen molar-refractivity contribution >= 4 is 11.8 Å². The number of nitrogens with one attached hydrogen (secondary N) is 2. The molecule has 0 saturated carbocycles. The van der Waals surface area contributed by atoms with Crippen molar-refractivity contribution in [3.8, 4) is 0 Å². The number of rotatable bonds is 7. The van der Waals surface area contributed by atoms with Crippen LogP contribution in [0, 0.1) is 0 Å². The molecule has 17 heavy (non-hydrogen) atoms. The van der Waals surface area contributed by atoms with Crippen molar-refractivity contribution in [2.75, 3.05) is 6.54 Å². The average molecular weight is 255 g/mol. The molecule has 0 saturated heterocycles. The van der Waals surface area contributed by atoms with Crippen molar-refractivity contribution in [3.63, 3.8) is 0 Å². The minimum Gasteiger partial charge on any atom is -0.311 e. The van der Waals surface area contributed by atoms with Crippen LogP contribution >= 0.6 is 11.8 Å². The third kappa shape index (κ3) is 5.37. The fourth-order valence-electron chi connectivity index (χ4n) is 1.31. The van der Waals surface area contributed by atoms with E-state index >= 15 is 0 Å². The quantitative estimate of drug-likeness (QED) is 0.781. The van der Waals surface area contributed by atoms with Crippen molar-refractivity contribution in [2.45, 2.75) is 44.7 Å². The topological polar surface area (TPSA) is 57.8 Å². The summed E-state index contributed by atoms with van der Waals surface area (Å²) in [6.07, 6.45) is 1.13. The highest BCUT2D eigenvalue weighted by Crippen LogP contribution is 2.17. The van der Waals surface area contributed by atoms with E-state index in [1.165, 1.54) is 0 Å². The molecule has 4 nitrogen and oxygen atoms in total. The summed E-state index contributed by atoms with van der Waals surface area (Å²) in [4.78, 5) is 18.7. The summed E-state index contributed by atoms with van der Waals surface area (Å²) in [6, 6.07) is 1.56. The maximum absolute atomic E-state index is 11.5. The molecule has 5 heteroatoms. The Hall–Kier alpha value is -0.810. The monoisotopic (exact) mass is 255 g/mol. The first-order chi connectivity index (χ1) is 8.15. The molecule has 0 aliphatic rings. The van der Waals surface area contributed by atoms with Crippen LogP contribution in [0.2, 0.25) is 0 Å². The van der Waals surface area contributed by atoms with Crippen LogP contribution in [0.5, 0.6) is 0 Å². The second-order valence-electron chi connectivity index (χ2n) is 3.99. The Bertz CT molecular complexity index is 392. The highest BCUT2D eigenvalue weighted by Gasteiger charge is 2.04. The maximum Gasteiger partial charge on any atom is 0.251 e. The van der Waals surface area contributed by atoms with Crippen molar-refractivity contribution in [3.05, 3.63) is 27.9 Å². The minimum absolute atomic E-state index is 0.0624. The molecule has 1 aromatic rings. The number of hydrogen-bond donors (Lipinski definition) is 2. The van der Waals surface area contributed by atoms with Crippen molar-refractivity contribution < 1.29 is 0 Å². The molecule has 0 bridgehead atoms. The summed E-state index contributed by atoms with van der Waals surface area (Å²) < 4.78 is 0. The number of nitrogens with zero attached hydrogens (tertiary/aromatic N) is 1. The van der Waals surface area contributed by atoms with Crippen molar-refractivity contribution in [1.82, 2.24) is 15.3 Å². The lowest BCUT2D eigenvalue weighted by Crippen LogP contribution is -2.18. The normalized spacial score (nSPS) is 12.6. The van der Waals surface area contributed by atoms with E-state index in [-0.39, 0.29) is 5.56 Å². The average Bonchev–Trinajstić information content (AvgIpc) is 2.32. The lowest BCUT2D eigenvalue weighted by Gasteiger charge is -2.08. The molecule has 1 rings (SSSR count). The summed E-state index contributed by atoms with van der Waals surface area (Å²) in [5.74, 6) is 1.54. The Labute approximate surface area is 107 Å². The molecule has 2 N–H and O–H groups in total. The molecular weight excluding hydrogens is 234 g/mol. The van der Waals surface area contributed by atoms with Crippen LogP contribution < -0.4 is 10.9 Å². The summed E-state index contributed by atoms with van der Waals surface area (Å²) in [5, 5.41) is 3.77. The van der Waals surface area contributed by atoms with E-state index in [1.807, 2.05) is 18.7 Å². The van der Waals surface area contributed by atoms with Gasteiger partial charge in [0.15, 0.2) is 0 Å². The van der Waals surface area contributed by atoms with Gasteiger partial charge in [0.1, 0.15) is 5.82 Å². The second kappa shape index (κ2) is 7.50. The molecule has 1 unspecified atom stereocenters. The molecular formula is C12H21N3OS. The van der Waals surface area contributed by atoms with Crippen LogP contribution in [0.1, 0.15) is 38.7 Å². The van der Waals surface area contributed by atoms with E-state index in [2.05, 4.69) is 29.1 Å². The van der Waals surface area contributed by atoms with Crippen LogP contribution in [0.25, 0.3) is 0 Å². The first-order valence-corrected chi connectivity index (χ1v) is 7.12. The Morgan fingerprint density at radius 2 is 2.29 bits per heavy atom. The van der Waals surface area contributed by atoms with Gasteiger partial charge in [-0.15, -0.1) is 0 Å². The summed E-state index contributed by atoms with van der Waals surface area (Å²) >= 11 is 1.82. The van der Waals surface area contributed by atoms with E-state index in [1.54, 1.807) is 6.07 Å². The van der Waals surface area contributed by atoms with E-state index < -0.39 is 0 Å². The van der Waals surface area contributed by atoms with Gasteiger partial charge in [-0.3, -0.25) is 4.79 Å². The van der Waals surface area contributed by atoms with Crippen LogP contribution in [0.15, 0.2) is 10.9 Å². The molecule has 1 heterocycles. The van der Waals surface area contributed by atoms with Crippen molar-refractivity contribution in [1.29, 1.82) is 0 Å². The van der Waals surface area contributed by atoms with Gasteiger partial charge >= 0.3 is 0 Å². The van der Waals surface area contributed by atoms with Crippen LogP contribution in [-0.2, 0) is 12.3 Å². The van der Waals surface area contributed by atoms with Crippen LogP contribution in [0.3, 0.4) is 0 Å². The van der Waals surface area contributed by atoms with Gasteiger partial charge in [-0.25, -0.2) is 4.98 Å². The first kappa shape index (κ1) is 14.3.